The van der Waals surface area contributed by atoms with Gasteiger partial charge in [0.2, 0.25) is 5.91 Å². The van der Waals surface area contributed by atoms with Crippen molar-refractivity contribution in [2.45, 2.75) is 46.1 Å². The summed E-state index contributed by atoms with van der Waals surface area (Å²) in [6.45, 7) is 7.16. The fourth-order valence-electron chi connectivity index (χ4n) is 2.86. The van der Waals surface area contributed by atoms with Crippen LogP contribution in [-0.2, 0) is 4.79 Å². The summed E-state index contributed by atoms with van der Waals surface area (Å²) in [5, 5.41) is 0. The summed E-state index contributed by atoms with van der Waals surface area (Å²) in [4.78, 5) is 13.3. The number of piperidine rings is 1. The molecule has 1 aliphatic carbocycles. The normalized spacial score (nSPS) is 36.4. The molecule has 0 bridgehead atoms. The summed E-state index contributed by atoms with van der Waals surface area (Å²) in [5.74, 6) is 0.961. The van der Waals surface area contributed by atoms with Crippen LogP contribution in [0.4, 0.5) is 0 Å². The fraction of sp³-hybridized carbons (Fsp3) is 0.909. The zero-order valence-corrected chi connectivity index (χ0v) is 8.84. The van der Waals surface area contributed by atoms with Crippen molar-refractivity contribution in [3.05, 3.63) is 0 Å². The van der Waals surface area contributed by atoms with Crippen molar-refractivity contribution in [3.63, 3.8) is 0 Å². The first-order valence-corrected chi connectivity index (χ1v) is 5.32. The van der Waals surface area contributed by atoms with Crippen molar-refractivity contribution >= 4 is 5.91 Å². The van der Waals surface area contributed by atoms with E-state index in [0.29, 0.717) is 17.4 Å². The van der Waals surface area contributed by atoms with Gasteiger partial charge in [0.25, 0.3) is 0 Å². The van der Waals surface area contributed by atoms with Crippen LogP contribution >= 0.6 is 0 Å². The van der Waals surface area contributed by atoms with Crippen molar-refractivity contribution in [1.82, 2.24) is 4.90 Å². The quantitative estimate of drug-likeness (QED) is 0.560. The Bertz CT molecular complexity index is 232. The molecule has 2 heteroatoms. The summed E-state index contributed by atoms with van der Waals surface area (Å²) in [5.41, 5.74) is 0.630. The highest BCUT2D eigenvalue weighted by Gasteiger charge is 2.51. The summed E-state index contributed by atoms with van der Waals surface area (Å²) in [6.07, 6.45) is 4.02. The molecule has 0 aromatic carbocycles. The van der Waals surface area contributed by atoms with E-state index in [1.165, 1.54) is 19.3 Å². The maximum Gasteiger partial charge on any atom is 0.219 e. The molecular formula is C11H19NO. The average molecular weight is 181 g/mol. The molecule has 0 radical (unpaired) electrons. The summed E-state index contributed by atoms with van der Waals surface area (Å²) in [6, 6.07) is 0.469. The second-order valence-electron chi connectivity index (χ2n) is 4.99. The van der Waals surface area contributed by atoms with E-state index in [2.05, 4.69) is 13.8 Å². The van der Waals surface area contributed by atoms with Crippen LogP contribution in [0.1, 0.15) is 40.0 Å². The number of amides is 1. The predicted molar refractivity (Wildman–Crippen MR) is 52.3 cm³/mol. The number of likely N-dealkylation sites (tertiary alicyclic amines) is 1. The summed E-state index contributed by atoms with van der Waals surface area (Å²) < 4.78 is 0. The molecule has 1 heterocycles. The zero-order valence-electron chi connectivity index (χ0n) is 8.84. The second kappa shape index (κ2) is 2.73. The lowest BCUT2D eigenvalue weighted by atomic mass is 9.80. The van der Waals surface area contributed by atoms with Crippen molar-refractivity contribution in [2.75, 3.05) is 6.54 Å². The number of hydrogen-bond donors (Lipinski definition) is 0. The Labute approximate surface area is 80.3 Å². The van der Waals surface area contributed by atoms with E-state index in [4.69, 9.17) is 0 Å². The fourth-order valence-corrected chi connectivity index (χ4v) is 2.86. The molecule has 1 aliphatic heterocycles. The van der Waals surface area contributed by atoms with Crippen LogP contribution in [-0.4, -0.2) is 23.4 Å². The Morgan fingerprint density at radius 2 is 2.00 bits per heavy atom. The maximum atomic E-state index is 11.3. The first kappa shape index (κ1) is 9.04. The minimum absolute atomic E-state index is 0.245. The molecule has 0 aromatic rings. The molecule has 2 nitrogen and oxygen atoms in total. The Balaban J connectivity index is 2.08. The standard InChI is InChI=1S/C11H19NO/c1-8-7-12(10(3)13)9(2)6-11(8)4-5-11/h8-9H,4-7H2,1-3H3/t8-,9+/m0/s1. The van der Waals surface area contributed by atoms with Gasteiger partial charge in [0.15, 0.2) is 0 Å². The van der Waals surface area contributed by atoms with Gasteiger partial charge in [-0.1, -0.05) is 6.92 Å². The van der Waals surface area contributed by atoms with Gasteiger partial charge >= 0.3 is 0 Å². The van der Waals surface area contributed by atoms with Gasteiger partial charge in [-0.25, -0.2) is 0 Å². The Morgan fingerprint density at radius 3 is 2.46 bits per heavy atom. The van der Waals surface area contributed by atoms with E-state index in [9.17, 15) is 4.79 Å². The Morgan fingerprint density at radius 1 is 1.38 bits per heavy atom. The van der Waals surface area contributed by atoms with Crippen LogP contribution in [0, 0.1) is 11.3 Å². The van der Waals surface area contributed by atoms with Gasteiger partial charge in [-0.15, -0.1) is 0 Å². The predicted octanol–water partition coefficient (Wildman–Crippen LogP) is 2.04. The van der Waals surface area contributed by atoms with E-state index >= 15 is 0 Å². The van der Waals surface area contributed by atoms with Gasteiger partial charge < -0.3 is 4.90 Å². The minimum Gasteiger partial charge on any atom is -0.340 e. The minimum atomic E-state index is 0.245. The van der Waals surface area contributed by atoms with Crippen LogP contribution in [0.3, 0.4) is 0 Å². The van der Waals surface area contributed by atoms with E-state index in [1.807, 2.05) is 4.90 Å². The van der Waals surface area contributed by atoms with Crippen LogP contribution in [0.5, 0.6) is 0 Å². The first-order valence-electron chi connectivity index (χ1n) is 5.32. The van der Waals surface area contributed by atoms with Crippen LogP contribution < -0.4 is 0 Å². The molecule has 0 N–H and O–H groups in total. The van der Waals surface area contributed by atoms with Crippen LogP contribution in [0.2, 0.25) is 0 Å². The third kappa shape index (κ3) is 1.36. The number of rotatable bonds is 0. The van der Waals surface area contributed by atoms with Crippen LogP contribution in [0.15, 0.2) is 0 Å². The van der Waals surface area contributed by atoms with Gasteiger partial charge in [-0.3, -0.25) is 4.79 Å². The molecule has 2 fully saturated rings. The highest BCUT2D eigenvalue weighted by molar-refractivity contribution is 5.73. The summed E-state index contributed by atoms with van der Waals surface area (Å²) in [7, 11) is 0. The van der Waals surface area contributed by atoms with Crippen LogP contribution in [0.25, 0.3) is 0 Å². The van der Waals surface area contributed by atoms with Gasteiger partial charge in [0, 0.05) is 19.5 Å². The third-order valence-corrected chi connectivity index (χ3v) is 4.05. The van der Waals surface area contributed by atoms with Gasteiger partial charge in [0.05, 0.1) is 0 Å². The Kier molecular flexibility index (Phi) is 1.90. The van der Waals surface area contributed by atoms with Crippen molar-refractivity contribution < 1.29 is 4.79 Å². The number of carbonyl (C=O) groups excluding carboxylic acids is 1. The number of hydrogen-bond acceptors (Lipinski definition) is 1. The third-order valence-electron chi connectivity index (χ3n) is 4.05. The molecule has 1 saturated carbocycles. The molecule has 2 rings (SSSR count). The first-order chi connectivity index (χ1) is 6.05. The van der Waals surface area contributed by atoms with Crippen molar-refractivity contribution in [2.24, 2.45) is 11.3 Å². The second-order valence-corrected chi connectivity index (χ2v) is 4.99. The highest BCUT2D eigenvalue weighted by Crippen LogP contribution is 2.58. The van der Waals surface area contributed by atoms with E-state index in [1.54, 1.807) is 6.92 Å². The monoisotopic (exact) mass is 181 g/mol. The van der Waals surface area contributed by atoms with Crippen molar-refractivity contribution in [3.8, 4) is 0 Å². The molecule has 1 amide bonds. The lowest BCUT2D eigenvalue weighted by Crippen LogP contribution is -2.48. The number of nitrogens with zero attached hydrogens (tertiary/aromatic N) is 1. The molecule has 1 saturated heterocycles. The van der Waals surface area contributed by atoms with E-state index < -0.39 is 0 Å². The topological polar surface area (TPSA) is 20.3 Å². The molecular weight excluding hydrogens is 162 g/mol. The average Bonchev–Trinajstić information content (AvgIpc) is 2.78. The Hall–Kier alpha value is -0.530. The largest absolute Gasteiger partial charge is 0.340 e. The summed E-state index contributed by atoms with van der Waals surface area (Å²) >= 11 is 0. The zero-order chi connectivity index (χ0) is 9.64. The lowest BCUT2D eigenvalue weighted by molar-refractivity contribution is -0.134. The smallest absolute Gasteiger partial charge is 0.219 e. The van der Waals surface area contributed by atoms with Gasteiger partial charge in [0.1, 0.15) is 0 Å². The molecule has 0 aromatic heterocycles. The molecule has 13 heavy (non-hydrogen) atoms. The van der Waals surface area contributed by atoms with E-state index in [0.717, 1.165) is 6.54 Å². The number of carbonyl (C=O) groups is 1. The SMILES string of the molecule is CC(=O)N1C[C@H](C)C2(CC2)C[C@H]1C. The van der Waals surface area contributed by atoms with E-state index in [-0.39, 0.29) is 5.91 Å². The molecule has 1 spiro atoms. The molecule has 2 atom stereocenters. The molecule has 0 unspecified atom stereocenters. The molecule has 74 valence electrons. The highest BCUT2D eigenvalue weighted by atomic mass is 16.2. The van der Waals surface area contributed by atoms with Gasteiger partial charge in [-0.05, 0) is 37.5 Å². The maximum absolute atomic E-state index is 11.3. The lowest BCUT2D eigenvalue weighted by Gasteiger charge is -2.41. The molecule has 2 aliphatic rings. The van der Waals surface area contributed by atoms with Gasteiger partial charge in [-0.2, -0.15) is 0 Å². The van der Waals surface area contributed by atoms with Crippen molar-refractivity contribution in [1.29, 1.82) is 0 Å².